The van der Waals surface area contributed by atoms with Crippen molar-refractivity contribution in [2.24, 2.45) is 0 Å². The minimum Gasteiger partial charge on any atom is -0.438 e. The van der Waals surface area contributed by atoms with Crippen LogP contribution in [0.2, 0.25) is 0 Å². The number of rotatable bonds is 1. The molecule has 1 saturated heterocycles. The first-order chi connectivity index (χ1) is 7.67. The standard InChI is InChI=1S/C12H15N3O/c1-8-3-4-9-10(14-8)15-11(16-9)12(2)5-6-13-7-12/h3-4,13H,5-7H2,1-2H3. The zero-order chi connectivity index (χ0) is 11.2. The van der Waals surface area contributed by atoms with Gasteiger partial charge in [0.15, 0.2) is 11.2 Å². The fourth-order valence-corrected chi connectivity index (χ4v) is 2.17. The van der Waals surface area contributed by atoms with Crippen molar-refractivity contribution >= 4 is 11.2 Å². The zero-order valence-electron chi connectivity index (χ0n) is 9.58. The molecule has 1 unspecified atom stereocenters. The van der Waals surface area contributed by atoms with Gasteiger partial charge in [-0.1, -0.05) is 0 Å². The number of oxazole rings is 1. The Hall–Kier alpha value is -1.42. The van der Waals surface area contributed by atoms with Gasteiger partial charge in [-0.3, -0.25) is 0 Å². The number of aryl methyl sites for hydroxylation is 1. The fourth-order valence-electron chi connectivity index (χ4n) is 2.17. The SMILES string of the molecule is Cc1ccc2oc(C3(C)CCNC3)nc2n1. The van der Waals surface area contributed by atoms with E-state index in [4.69, 9.17) is 4.42 Å². The third kappa shape index (κ3) is 1.41. The number of nitrogens with one attached hydrogen (secondary N) is 1. The lowest BCUT2D eigenvalue weighted by Gasteiger charge is -2.16. The van der Waals surface area contributed by atoms with Crippen molar-refractivity contribution in [1.29, 1.82) is 0 Å². The maximum absolute atomic E-state index is 5.80. The molecule has 16 heavy (non-hydrogen) atoms. The molecule has 4 nitrogen and oxygen atoms in total. The van der Waals surface area contributed by atoms with Gasteiger partial charge in [-0.15, -0.1) is 0 Å². The van der Waals surface area contributed by atoms with Crippen LogP contribution >= 0.6 is 0 Å². The van der Waals surface area contributed by atoms with Crippen molar-refractivity contribution in [3.05, 3.63) is 23.7 Å². The summed E-state index contributed by atoms with van der Waals surface area (Å²) >= 11 is 0. The molecule has 0 aromatic carbocycles. The van der Waals surface area contributed by atoms with Crippen LogP contribution in [0.15, 0.2) is 16.5 Å². The summed E-state index contributed by atoms with van der Waals surface area (Å²) in [5.41, 5.74) is 2.51. The number of hydrogen-bond donors (Lipinski definition) is 1. The topological polar surface area (TPSA) is 51.0 Å². The molecule has 3 rings (SSSR count). The molecule has 1 fully saturated rings. The highest BCUT2D eigenvalue weighted by Crippen LogP contribution is 2.31. The predicted octanol–water partition coefficient (Wildman–Crippen LogP) is 1.78. The van der Waals surface area contributed by atoms with Crippen LogP contribution in [0, 0.1) is 6.92 Å². The Morgan fingerprint density at radius 1 is 1.38 bits per heavy atom. The Morgan fingerprint density at radius 2 is 2.25 bits per heavy atom. The summed E-state index contributed by atoms with van der Waals surface area (Å²) < 4.78 is 5.80. The van der Waals surface area contributed by atoms with E-state index in [0.717, 1.165) is 42.3 Å². The van der Waals surface area contributed by atoms with E-state index in [2.05, 4.69) is 22.2 Å². The summed E-state index contributed by atoms with van der Waals surface area (Å²) in [6, 6.07) is 3.90. The highest BCUT2D eigenvalue weighted by atomic mass is 16.3. The van der Waals surface area contributed by atoms with Gasteiger partial charge in [-0.2, -0.15) is 4.98 Å². The molecule has 3 heterocycles. The van der Waals surface area contributed by atoms with Crippen LogP contribution in [-0.4, -0.2) is 23.1 Å². The molecule has 2 aromatic heterocycles. The molecule has 84 valence electrons. The van der Waals surface area contributed by atoms with Crippen LogP contribution in [0.3, 0.4) is 0 Å². The predicted molar refractivity (Wildman–Crippen MR) is 61.4 cm³/mol. The molecule has 0 amide bonds. The van der Waals surface area contributed by atoms with Gasteiger partial charge < -0.3 is 9.73 Å². The van der Waals surface area contributed by atoms with Gasteiger partial charge in [0.25, 0.3) is 0 Å². The van der Waals surface area contributed by atoms with E-state index in [1.165, 1.54) is 0 Å². The van der Waals surface area contributed by atoms with Gasteiger partial charge in [-0.05, 0) is 38.9 Å². The Labute approximate surface area is 94.1 Å². The van der Waals surface area contributed by atoms with Gasteiger partial charge in [0.2, 0.25) is 5.89 Å². The van der Waals surface area contributed by atoms with Gasteiger partial charge in [0, 0.05) is 12.2 Å². The first-order valence-corrected chi connectivity index (χ1v) is 5.63. The van der Waals surface area contributed by atoms with E-state index in [9.17, 15) is 0 Å². The Kier molecular flexibility index (Phi) is 2.01. The molecule has 0 spiro atoms. The molecule has 1 aliphatic rings. The first kappa shape index (κ1) is 9.78. The van der Waals surface area contributed by atoms with Crippen LogP contribution in [0.4, 0.5) is 0 Å². The van der Waals surface area contributed by atoms with Crippen LogP contribution in [0.5, 0.6) is 0 Å². The highest BCUT2D eigenvalue weighted by molar-refractivity contribution is 5.67. The molecule has 2 aromatic rings. The summed E-state index contributed by atoms with van der Waals surface area (Å²) in [6.07, 6.45) is 1.07. The largest absolute Gasteiger partial charge is 0.438 e. The third-order valence-corrected chi connectivity index (χ3v) is 3.28. The van der Waals surface area contributed by atoms with Gasteiger partial charge in [0.1, 0.15) is 0 Å². The average molecular weight is 217 g/mol. The second-order valence-electron chi connectivity index (χ2n) is 4.78. The summed E-state index contributed by atoms with van der Waals surface area (Å²) in [5.74, 6) is 0.811. The molecular weight excluding hydrogens is 202 g/mol. The number of fused-ring (bicyclic) bond motifs is 1. The summed E-state index contributed by atoms with van der Waals surface area (Å²) in [6.45, 7) is 6.11. The monoisotopic (exact) mass is 217 g/mol. The first-order valence-electron chi connectivity index (χ1n) is 5.63. The molecule has 1 atom stereocenters. The van der Waals surface area contributed by atoms with E-state index in [1.807, 2.05) is 19.1 Å². The summed E-state index contributed by atoms with van der Waals surface area (Å²) in [5, 5.41) is 3.35. The minimum atomic E-state index is 0.0224. The van der Waals surface area contributed by atoms with E-state index in [-0.39, 0.29) is 5.41 Å². The van der Waals surface area contributed by atoms with Gasteiger partial charge >= 0.3 is 0 Å². The van der Waals surface area contributed by atoms with Gasteiger partial charge in [0.05, 0.1) is 5.41 Å². The smallest absolute Gasteiger partial charge is 0.204 e. The van der Waals surface area contributed by atoms with Crippen molar-refractivity contribution in [3.63, 3.8) is 0 Å². The lowest BCUT2D eigenvalue weighted by atomic mass is 9.90. The summed E-state index contributed by atoms with van der Waals surface area (Å²) in [7, 11) is 0. The second kappa shape index (κ2) is 3.28. The molecule has 0 aliphatic carbocycles. The van der Waals surface area contributed by atoms with Gasteiger partial charge in [-0.25, -0.2) is 4.98 Å². The maximum atomic E-state index is 5.80. The Bertz CT molecular complexity index is 526. The molecule has 1 aliphatic heterocycles. The number of pyridine rings is 1. The lowest BCUT2D eigenvalue weighted by molar-refractivity contribution is 0.382. The fraction of sp³-hybridized carbons (Fsp3) is 0.500. The Balaban J connectivity index is 2.11. The average Bonchev–Trinajstić information content (AvgIpc) is 2.84. The number of aromatic nitrogens is 2. The van der Waals surface area contributed by atoms with Crippen LogP contribution in [0.1, 0.15) is 24.9 Å². The van der Waals surface area contributed by atoms with Crippen molar-refractivity contribution < 1.29 is 4.42 Å². The van der Waals surface area contributed by atoms with Crippen LogP contribution in [0.25, 0.3) is 11.2 Å². The van der Waals surface area contributed by atoms with E-state index in [1.54, 1.807) is 0 Å². The molecule has 4 heteroatoms. The normalized spacial score (nSPS) is 25.4. The lowest BCUT2D eigenvalue weighted by Crippen LogP contribution is -2.25. The second-order valence-corrected chi connectivity index (χ2v) is 4.78. The molecule has 1 N–H and O–H groups in total. The maximum Gasteiger partial charge on any atom is 0.204 e. The highest BCUT2D eigenvalue weighted by Gasteiger charge is 2.35. The van der Waals surface area contributed by atoms with Crippen molar-refractivity contribution in [3.8, 4) is 0 Å². The van der Waals surface area contributed by atoms with Crippen molar-refractivity contribution in [2.75, 3.05) is 13.1 Å². The summed E-state index contributed by atoms with van der Waals surface area (Å²) in [4.78, 5) is 8.88. The van der Waals surface area contributed by atoms with Crippen molar-refractivity contribution in [2.45, 2.75) is 25.7 Å². The molecule has 0 radical (unpaired) electrons. The van der Waals surface area contributed by atoms with Crippen LogP contribution in [-0.2, 0) is 5.41 Å². The van der Waals surface area contributed by atoms with Crippen molar-refractivity contribution in [1.82, 2.24) is 15.3 Å². The molecular formula is C12H15N3O. The Morgan fingerprint density at radius 3 is 3.00 bits per heavy atom. The zero-order valence-corrected chi connectivity index (χ0v) is 9.58. The van der Waals surface area contributed by atoms with Crippen LogP contribution < -0.4 is 5.32 Å². The third-order valence-electron chi connectivity index (χ3n) is 3.28. The molecule has 0 bridgehead atoms. The van der Waals surface area contributed by atoms with E-state index in [0.29, 0.717) is 0 Å². The molecule has 0 saturated carbocycles. The van der Waals surface area contributed by atoms with E-state index >= 15 is 0 Å². The van der Waals surface area contributed by atoms with E-state index < -0.39 is 0 Å². The minimum absolute atomic E-state index is 0.0224. The number of hydrogen-bond acceptors (Lipinski definition) is 4. The number of nitrogens with zero attached hydrogens (tertiary/aromatic N) is 2. The quantitative estimate of drug-likeness (QED) is 0.791.